The summed E-state index contributed by atoms with van der Waals surface area (Å²) in [6.07, 6.45) is 2.00. The molecule has 9 heteroatoms. The van der Waals surface area contributed by atoms with Crippen LogP contribution in [0, 0.1) is 13.8 Å². The number of carbonyl (C=O) groups is 1. The zero-order valence-corrected chi connectivity index (χ0v) is 16.5. The number of hydrogen-bond donors (Lipinski definition) is 2. The number of benzene rings is 1. The number of amides is 1. The minimum Gasteiger partial charge on any atom is -0.376 e. The molecule has 4 rings (SSSR count). The Morgan fingerprint density at radius 1 is 1.31 bits per heavy atom. The lowest BCUT2D eigenvalue weighted by Gasteiger charge is -2.10. The van der Waals surface area contributed by atoms with Gasteiger partial charge in [-0.05, 0) is 38.3 Å². The summed E-state index contributed by atoms with van der Waals surface area (Å²) < 4.78 is 8.04. The molecule has 1 amide bonds. The first kappa shape index (κ1) is 19.1. The number of anilines is 2. The average molecular weight is 396 g/mol. The summed E-state index contributed by atoms with van der Waals surface area (Å²) in [4.78, 5) is 29.7. The first-order valence-electron chi connectivity index (χ1n) is 9.69. The van der Waals surface area contributed by atoms with Gasteiger partial charge in [0.15, 0.2) is 5.65 Å². The Bertz CT molecular complexity index is 1100. The number of para-hydroxylation sites is 1. The molecule has 0 bridgehead atoms. The van der Waals surface area contributed by atoms with Crippen LogP contribution in [0.5, 0.6) is 0 Å². The molecule has 1 aromatic carbocycles. The van der Waals surface area contributed by atoms with Gasteiger partial charge in [-0.15, -0.1) is 5.10 Å². The Hall–Kier alpha value is -3.20. The Morgan fingerprint density at radius 2 is 2.14 bits per heavy atom. The number of hydrogen-bond acceptors (Lipinski definition) is 6. The van der Waals surface area contributed by atoms with E-state index in [4.69, 9.17) is 4.74 Å². The van der Waals surface area contributed by atoms with Crippen molar-refractivity contribution in [2.45, 2.75) is 39.3 Å². The van der Waals surface area contributed by atoms with Gasteiger partial charge in [-0.1, -0.05) is 18.2 Å². The standard InChI is InChI=1S/C20H24N6O3/c1-13-6-3-4-8-16(13)23-19-22-14(2)10-17-24-25(20(28)26(17)19)12-18(27)21-11-15-7-5-9-29-15/h3-4,6,8,10,15H,5,7,9,11-12H2,1-2H3,(H,21,27)(H,22,23). The van der Waals surface area contributed by atoms with E-state index in [-0.39, 0.29) is 18.6 Å². The zero-order valence-electron chi connectivity index (χ0n) is 16.5. The number of rotatable bonds is 6. The number of nitrogens with zero attached hydrogens (tertiary/aromatic N) is 4. The van der Waals surface area contributed by atoms with E-state index in [0.29, 0.717) is 23.8 Å². The highest BCUT2D eigenvalue weighted by Crippen LogP contribution is 2.19. The molecule has 0 saturated carbocycles. The van der Waals surface area contributed by atoms with Gasteiger partial charge in [-0.3, -0.25) is 4.79 Å². The number of aryl methyl sites for hydroxylation is 2. The summed E-state index contributed by atoms with van der Waals surface area (Å²) in [5, 5.41) is 10.3. The van der Waals surface area contributed by atoms with Crippen LogP contribution in [0.4, 0.5) is 11.6 Å². The molecule has 2 aromatic heterocycles. The Morgan fingerprint density at radius 3 is 2.90 bits per heavy atom. The highest BCUT2D eigenvalue weighted by molar-refractivity contribution is 5.75. The molecule has 1 atom stereocenters. The van der Waals surface area contributed by atoms with Crippen LogP contribution in [-0.2, 0) is 16.1 Å². The fraction of sp³-hybridized carbons (Fsp3) is 0.400. The third-order valence-corrected chi connectivity index (χ3v) is 4.93. The summed E-state index contributed by atoms with van der Waals surface area (Å²) in [5.74, 6) is 0.0921. The summed E-state index contributed by atoms with van der Waals surface area (Å²) in [6, 6.07) is 9.45. The maximum Gasteiger partial charge on any atom is 0.353 e. The maximum absolute atomic E-state index is 12.9. The molecule has 152 valence electrons. The summed E-state index contributed by atoms with van der Waals surface area (Å²) in [5.41, 5.74) is 2.61. The third-order valence-electron chi connectivity index (χ3n) is 4.93. The van der Waals surface area contributed by atoms with E-state index in [2.05, 4.69) is 20.7 Å². The van der Waals surface area contributed by atoms with E-state index < -0.39 is 5.69 Å². The van der Waals surface area contributed by atoms with Crippen LogP contribution < -0.4 is 16.3 Å². The second-order valence-corrected chi connectivity index (χ2v) is 7.23. The van der Waals surface area contributed by atoms with Gasteiger partial charge >= 0.3 is 5.69 Å². The quantitative estimate of drug-likeness (QED) is 0.655. The van der Waals surface area contributed by atoms with Crippen LogP contribution in [0.25, 0.3) is 5.65 Å². The molecule has 1 fully saturated rings. The molecule has 1 aliphatic rings. The van der Waals surface area contributed by atoms with E-state index in [1.807, 2.05) is 38.1 Å². The van der Waals surface area contributed by atoms with Crippen LogP contribution in [-0.4, -0.2) is 44.3 Å². The molecule has 3 aromatic rings. The van der Waals surface area contributed by atoms with Crippen molar-refractivity contribution in [3.05, 3.63) is 52.1 Å². The highest BCUT2D eigenvalue weighted by atomic mass is 16.5. The lowest BCUT2D eigenvalue weighted by atomic mass is 10.2. The van der Waals surface area contributed by atoms with Crippen molar-refractivity contribution in [3.8, 4) is 0 Å². The van der Waals surface area contributed by atoms with Crippen molar-refractivity contribution >= 4 is 23.2 Å². The summed E-state index contributed by atoms with van der Waals surface area (Å²) >= 11 is 0. The van der Waals surface area contributed by atoms with E-state index in [9.17, 15) is 9.59 Å². The van der Waals surface area contributed by atoms with Crippen LogP contribution in [0.2, 0.25) is 0 Å². The Balaban J connectivity index is 1.58. The van der Waals surface area contributed by atoms with Crippen molar-refractivity contribution in [3.63, 3.8) is 0 Å². The molecule has 1 aliphatic heterocycles. The largest absolute Gasteiger partial charge is 0.376 e. The van der Waals surface area contributed by atoms with E-state index in [0.717, 1.165) is 35.4 Å². The monoisotopic (exact) mass is 396 g/mol. The van der Waals surface area contributed by atoms with E-state index >= 15 is 0 Å². The van der Waals surface area contributed by atoms with Crippen LogP contribution in [0.15, 0.2) is 35.1 Å². The van der Waals surface area contributed by atoms with E-state index in [1.54, 1.807) is 6.07 Å². The first-order chi connectivity index (χ1) is 14.0. The van der Waals surface area contributed by atoms with Gasteiger partial charge in [-0.2, -0.15) is 0 Å². The predicted molar refractivity (Wildman–Crippen MR) is 108 cm³/mol. The molecule has 9 nitrogen and oxygen atoms in total. The topological polar surface area (TPSA) is 103 Å². The maximum atomic E-state index is 12.9. The van der Waals surface area contributed by atoms with Crippen molar-refractivity contribution < 1.29 is 9.53 Å². The number of fused-ring (bicyclic) bond motifs is 1. The van der Waals surface area contributed by atoms with Crippen LogP contribution in [0.3, 0.4) is 0 Å². The lowest BCUT2D eigenvalue weighted by Crippen LogP contribution is -2.36. The minimum atomic E-state index is -0.421. The summed E-state index contributed by atoms with van der Waals surface area (Å²) in [7, 11) is 0. The number of ether oxygens (including phenoxy) is 1. The first-order valence-corrected chi connectivity index (χ1v) is 9.69. The molecule has 0 aliphatic carbocycles. The van der Waals surface area contributed by atoms with Gasteiger partial charge in [0, 0.05) is 30.6 Å². The second kappa shape index (κ2) is 8.04. The predicted octanol–water partition coefficient (Wildman–Crippen LogP) is 1.55. The second-order valence-electron chi connectivity index (χ2n) is 7.23. The van der Waals surface area contributed by atoms with Crippen molar-refractivity contribution in [1.29, 1.82) is 0 Å². The highest BCUT2D eigenvalue weighted by Gasteiger charge is 2.18. The van der Waals surface area contributed by atoms with E-state index in [1.165, 1.54) is 4.40 Å². The normalized spacial score (nSPS) is 16.3. The molecule has 1 saturated heterocycles. The molecule has 0 spiro atoms. The molecule has 29 heavy (non-hydrogen) atoms. The van der Waals surface area contributed by atoms with Gasteiger partial charge in [0.25, 0.3) is 0 Å². The van der Waals surface area contributed by atoms with Gasteiger partial charge in [0.05, 0.1) is 6.10 Å². The average Bonchev–Trinajstić information content (AvgIpc) is 3.30. The molecule has 2 N–H and O–H groups in total. The smallest absolute Gasteiger partial charge is 0.353 e. The van der Waals surface area contributed by atoms with Crippen LogP contribution >= 0.6 is 0 Å². The fourth-order valence-electron chi connectivity index (χ4n) is 3.40. The fourth-order valence-corrected chi connectivity index (χ4v) is 3.40. The Kier molecular flexibility index (Phi) is 5.30. The molecular weight excluding hydrogens is 372 g/mol. The van der Waals surface area contributed by atoms with Gasteiger partial charge in [0.2, 0.25) is 11.9 Å². The molecule has 3 heterocycles. The van der Waals surface area contributed by atoms with Crippen molar-refractivity contribution in [1.82, 2.24) is 24.5 Å². The molecular formula is C20H24N6O3. The minimum absolute atomic E-state index is 0.0495. The number of nitrogens with one attached hydrogen (secondary N) is 2. The third kappa shape index (κ3) is 4.14. The van der Waals surface area contributed by atoms with Gasteiger partial charge < -0.3 is 15.4 Å². The zero-order chi connectivity index (χ0) is 20.4. The number of carbonyl (C=O) groups excluding carboxylic acids is 1. The van der Waals surface area contributed by atoms with Gasteiger partial charge in [0.1, 0.15) is 6.54 Å². The van der Waals surface area contributed by atoms with Gasteiger partial charge in [-0.25, -0.2) is 18.9 Å². The number of aromatic nitrogens is 4. The molecule has 1 unspecified atom stereocenters. The van der Waals surface area contributed by atoms with Crippen molar-refractivity contribution in [2.75, 3.05) is 18.5 Å². The lowest BCUT2D eigenvalue weighted by molar-refractivity contribution is -0.122. The summed E-state index contributed by atoms with van der Waals surface area (Å²) in [6.45, 7) is 4.83. The SMILES string of the molecule is Cc1cc2nn(CC(=O)NCC3CCCO3)c(=O)n2c(Nc2ccccc2C)n1. The van der Waals surface area contributed by atoms with Crippen LogP contribution in [0.1, 0.15) is 24.1 Å². The Labute approximate surface area is 167 Å². The molecule has 0 radical (unpaired) electrons. The van der Waals surface area contributed by atoms with Crippen molar-refractivity contribution in [2.24, 2.45) is 0 Å².